The summed E-state index contributed by atoms with van der Waals surface area (Å²) in [5.74, 6) is -2.23. The maximum absolute atomic E-state index is 12.1. The number of rotatable bonds is 0. The highest BCUT2D eigenvalue weighted by Gasteiger charge is 2.38. The molecule has 1 aromatic rings. The third-order valence-corrected chi connectivity index (χ3v) is 3.86. The molecule has 6 nitrogen and oxygen atoms in total. The van der Waals surface area contributed by atoms with Crippen LogP contribution in [0.4, 0.5) is 18.9 Å². The van der Waals surface area contributed by atoms with Crippen molar-refractivity contribution in [1.82, 2.24) is 4.98 Å². The van der Waals surface area contributed by atoms with E-state index in [1.165, 1.54) is 0 Å². The van der Waals surface area contributed by atoms with Crippen LogP contribution >= 0.6 is 0 Å². The number of fused-ring (bicyclic) bond motifs is 2. The average Bonchev–Trinajstić information content (AvgIpc) is 2.57. The third-order valence-electron chi connectivity index (χ3n) is 3.86. The van der Waals surface area contributed by atoms with E-state index in [1.54, 1.807) is 13.0 Å². The number of nitrogen functional groups attached to an aromatic ring is 1. The molecular weight excluding hydrogens is 353 g/mol. The lowest BCUT2D eigenvalue weighted by Gasteiger charge is -2.13. The zero-order chi connectivity index (χ0) is 19.8. The number of aromatic nitrogens is 1. The van der Waals surface area contributed by atoms with Crippen molar-refractivity contribution in [1.29, 1.82) is 0 Å². The van der Waals surface area contributed by atoms with Gasteiger partial charge in [-0.3, -0.25) is 4.79 Å². The summed E-state index contributed by atoms with van der Waals surface area (Å²) in [7, 11) is 0. The number of benzene rings is 2. The minimum Gasteiger partial charge on any atom is -0.475 e. The maximum atomic E-state index is 12.1. The fourth-order valence-corrected chi connectivity index (χ4v) is 2.30. The summed E-state index contributed by atoms with van der Waals surface area (Å²) in [4.78, 5) is 25.6. The van der Waals surface area contributed by atoms with Gasteiger partial charge in [0.05, 0.1) is 5.69 Å². The first-order chi connectivity index (χ1) is 11.9. The van der Waals surface area contributed by atoms with Gasteiger partial charge in [-0.25, -0.2) is 9.78 Å². The first-order valence-corrected chi connectivity index (χ1v) is 7.34. The van der Waals surface area contributed by atoms with E-state index in [9.17, 15) is 18.0 Å². The van der Waals surface area contributed by atoms with Crippen LogP contribution in [0.25, 0.3) is 22.6 Å². The number of nitrogens with two attached hydrogens (primary N) is 1. The second-order valence-corrected chi connectivity index (χ2v) is 5.59. The molecule has 0 saturated heterocycles. The van der Waals surface area contributed by atoms with E-state index in [0.29, 0.717) is 28.1 Å². The summed E-state index contributed by atoms with van der Waals surface area (Å²) in [5, 5.41) is 7.12. The topological polar surface area (TPSA) is 106 Å². The third kappa shape index (κ3) is 3.46. The molecule has 0 amide bonds. The van der Waals surface area contributed by atoms with Crippen molar-refractivity contribution >= 4 is 22.8 Å². The van der Waals surface area contributed by atoms with E-state index >= 15 is 0 Å². The highest BCUT2D eigenvalue weighted by Crippen LogP contribution is 2.32. The highest BCUT2D eigenvalue weighted by molar-refractivity contribution is 5.87. The molecule has 0 aromatic heterocycles. The van der Waals surface area contributed by atoms with Crippen molar-refractivity contribution < 1.29 is 27.5 Å². The number of anilines is 1. The predicted molar refractivity (Wildman–Crippen MR) is 89.2 cm³/mol. The summed E-state index contributed by atoms with van der Waals surface area (Å²) in [6.07, 6.45) is -5.08. The summed E-state index contributed by atoms with van der Waals surface area (Å²) in [6, 6.07) is 5.45. The minimum atomic E-state index is -5.08. The SMILES string of the molecule is Cc1c2nc3cccc(N)c3oc-2c(C)c(=O)c1C.O=C(O)C(F)(F)F. The van der Waals surface area contributed by atoms with Gasteiger partial charge in [0.2, 0.25) is 0 Å². The van der Waals surface area contributed by atoms with E-state index < -0.39 is 12.1 Å². The second kappa shape index (κ2) is 6.66. The van der Waals surface area contributed by atoms with Crippen LogP contribution in [-0.4, -0.2) is 22.2 Å². The van der Waals surface area contributed by atoms with Crippen molar-refractivity contribution in [3.63, 3.8) is 0 Å². The van der Waals surface area contributed by atoms with Gasteiger partial charge in [0.1, 0.15) is 11.2 Å². The average molecular weight is 368 g/mol. The molecule has 0 fully saturated rings. The Labute approximate surface area is 145 Å². The summed E-state index contributed by atoms with van der Waals surface area (Å²) in [6.45, 7) is 5.46. The molecule has 0 unspecified atom stereocenters. The minimum absolute atomic E-state index is 0.00408. The van der Waals surface area contributed by atoms with Crippen molar-refractivity contribution in [3.8, 4) is 11.5 Å². The van der Waals surface area contributed by atoms with Crippen LogP contribution in [0.3, 0.4) is 0 Å². The zero-order valence-corrected chi connectivity index (χ0v) is 14.1. The van der Waals surface area contributed by atoms with Crippen LogP contribution in [-0.2, 0) is 4.79 Å². The number of carboxylic acid groups (broad SMARTS) is 1. The van der Waals surface area contributed by atoms with E-state index in [2.05, 4.69) is 4.98 Å². The normalized spacial score (nSPS) is 11.3. The predicted octanol–water partition coefficient (Wildman–Crippen LogP) is 3.43. The van der Waals surface area contributed by atoms with E-state index in [4.69, 9.17) is 20.1 Å². The van der Waals surface area contributed by atoms with Crippen molar-refractivity contribution in [2.75, 3.05) is 5.73 Å². The standard InChI is InChI=1S/C15H14N2O2.C2HF3O2/c1-7-8(2)13(18)9(3)14-12(7)17-11-6-4-5-10(16)15(11)19-14;3-2(4,5)1(6)7/h4-6H,16H2,1-3H3;(H,6,7). The van der Waals surface area contributed by atoms with Gasteiger partial charge in [0.25, 0.3) is 0 Å². The number of aliphatic carboxylic acids is 1. The van der Waals surface area contributed by atoms with Gasteiger partial charge in [-0.1, -0.05) is 6.07 Å². The molecule has 3 rings (SSSR count). The van der Waals surface area contributed by atoms with Crippen LogP contribution in [0.2, 0.25) is 0 Å². The van der Waals surface area contributed by atoms with Crippen molar-refractivity contribution in [2.45, 2.75) is 26.9 Å². The lowest BCUT2D eigenvalue weighted by Crippen LogP contribution is -2.21. The highest BCUT2D eigenvalue weighted by atomic mass is 19.4. The number of hydrogen-bond donors (Lipinski definition) is 2. The van der Waals surface area contributed by atoms with Gasteiger partial charge in [-0.05, 0) is 38.5 Å². The Hall–Kier alpha value is -3.10. The van der Waals surface area contributed by atoms with Crippen LogP contribution in [0.15, 0.2) is 27.4 Å². The zero-order valence-electron chi connectivity index (χ0n) is 14.1. The number of alkyl halides is 3. The van der Waals surface area contributed by atoms with Crippen molar-refractivity contribution in [3.05, 3.63) is 45.1 Å². The largest absolute Gasteiger partial charge is 0.490 e. The van der Waals surface area contributed by atoms with Gasteiger partial charge in [0.15, 0.2) is 16.8 Å². The first kappa shape index (κ1) is 19.2. The summed E-state index contributed by atoms with van der Waals surface area (Å²) in [5.41, 5.74) is 10.5. The summed E-state index contributed by atoms with van der Waals surface area (Å²) >= 11 is 0. The van der Waals surface area contributed by atoms with E-state index in [1.807, 2.05) is 26.0 Å². The molecule has 2 aliphatic rings. The Kier molecular flexibility index (Phi) is 4.93. The lowest BCUT2D eigenvalue weighted by molar-refractivity contribution is -0.192. The molecule has 138 valence electrons. The molecule has 3 N–H and O–H groups in total. The van der Waals surface area contributed by atoms with Crippen LogP contribution in [0, 0.1) is 20.8 Å². The summed E-state index contributed by atoms with van der Waals surface area (Å²) < 4.78 is 37.6. The van der Waals surface area contributed by atoms with Crippen LogP contribution in [0.1, 0.15) is 16.7 Å². The van der Waals surface area contributed by atoms with Gasteiger partial charge in [0, 0.05) is 11.1 Å². The molecule has 0 spiro atoms. The Bertz CT molecular complexity index is 1030. The van der Waals surface area contributed by atoms with E-state index in [0.717, 1.165) is 16.8 Å². The Morgan fingerprint density at radius 2 is 1.73 bits per heavy atom. The van der Waals surface area contributed by atoms with Gasteiger partial charge in [-0.15, -0.1) is 0 Å². The fraction of sp³-hybridized carbons (Fsp3) is 0.235. The van der Waals surface area contributed by atoms with Crippen molar-refractivity contribution in [2.24, 2.45) is 0 Å². The molecule has 1 aromatic carbocycles. The quantitative estimate of drug-likeness (QED) is 0.465. The Balaban J connectivity index is 0.000000298. The van der Waals surface area contributed by atoms with Gasteiger partial charge >= 0.3 is 12.1 Å². The number of halogens is 3. The smallest absolute Gasteiger partial charge is 0.475 e. The number of hydrogen-bond acceptors (Lipinski definition) is 5. The Morgan fingerprint density at radius 3 is 2.27 bits per heavy atom. The number of para-hydroxylation sites is 1. The number of nitrogens with zero attached hydrogens (tertiary/aromatic N) is 1. The molecule has 9 heteroatoms. The van der Waals surface area contributed by atoms with Gasteiger partial charge < -0.3 is 15.3 Å². The van der Waals surface area contributed by atoms with Gasteiger partial charge in [-0.2, -0.15) is 13.2 Å². The lowest BCUT2D eigenvalue weighted by atomic mass is 9.99. The molecule has 0 radical (unpaired) electrons. The molecule has 0 bridgehead atoms. The maximum Gasteiger partial charge on any atom is 0.490 e. The molecule has 0 atom stereocenters. The molecule has 26 heavy (non-hydrogen) atoms. The van der Waals surface area contributed by atoms with E-state index in [-0.39, 0.29) is 5.43 Å². The first-order valence-electron chi connectivity index (χ1n) is 7.34. The number of carboxylic acids is 1. The molecule has 1 aliphatic carbocycles. The Morgan fingerprint density at radius 1 is 1.15 bits per heavy atom. The molecule has 1 aliphatic heterocycles. The molecular formula is C17H15F3N2O4. The van der Waals surface area contributed by atoms with Crippen LogP contribution in [0.5, 0.6) is 0 Å². The molecule has 0 saturated carbocycles. The number of carbonyl (C=O) groups is 1. The monoisotopic (exact) mass is 368 g/mol. The van der Waals surface area contributed by atoms with Crippen LogP contribution < -0.4 is 11.2 Å². The second-order valence-electron chi connectivity index (χ2n) is 5.59. The molecule has 1 heterocycles. The fourth-order valence-electron chi connectivity index (χ4n) is 2.30.